The molecule has 0 unspecified atom stereocenters. The van der Waals surface area contributed by atoms with Gasteiger partial charge in [0.15, 0.2) is 11.5 Å². The molecule has 0 aromatic heterocycles. The van der Waals surface area contributed by atoms with E-state index >= 15 is 0 Å². The van der Waals surface area contributed by atoms with Crippen LogP contribution in [0.25, 0.3) is 6.08 Å². The Kier molecular flexibility index (Phi) is 8.09. The molecule has 0 heterocycles. The number of amides is 1. The van der Waals surface area contributed by atoms with E-state index in [1.54, 1.807) is 18.2 Å². The molecule has 1 amide bonds. The molecule has 7 heteroatoms. The zero-order chi connectivity index (χ0) is 22.2. The minimum absolute atomic E-state index is 0.281. The molecule has 3 rings (SSSR count). The lowest BCUT2D eigenvalue weighted by atomic mass is 10.1. The Morgan fingerprint density at radius 1 is 1.13 bits per heavy atom. The molecule has 0 bridgehead atoms. The first-order valence-electron chi connectivity index (χ1n) is 9.53. The van der Waals surface area contributed by atoms with Crippen molar-refractivity contribution in [3.63, 3.8) is 0 Å². The van der Waals surface area contributed by atoms with Crippen molar-refractivity contribution in [2.45, 2.75) is 13.5 Å². The first kappa shape index (κ1) is 22.8. The predicted octanol–water partition coefficient (Wildman–Crippen LogP) is 6.87. The van der Waals surface area contributed by atoms with Crippen LogP contribution < -0.4 is 14.8 Å². The summed E-state index contributed by atoms with van der Waals surface area (Å²) in [5.74, 6) is 0.287. The van der Waals surface area contributed by atoms with E-state index < -0.39 is 5.82 Å². The van der Waals surface area contributed by atoms with E-state index in [2.05, 4.69) is 21.2 Å². The molecule has 1 N–H and O–H groups in total. The van der Waals surface area contributed by atoms with E-state index in [0.717, 1.165) is 11.1 Å². The molecule has 3 aromatic carbocycles. The fraction of sp³-hybridized carbons (Fsp3) is 0.125. The van der Waals surface area contributed by atoms with Gasteiger partial charge in [-0.2, -0.15) is 0 Å². The van der Waals surface area contributed by atoms with Crippen molar-refractivity contribution in [3.05, 3.63) is 93.2 Å². The molecule has 0 saturated carbocycles. The van der Waals surface area contributed by atoms with Crippen LogP contribution in [0.3, 0.4) is 0 Å². The number of rotatable bonds is 8. The number of nitrogens with one attached hydrogen (secondary N) is 1. The maximum atomic E-state index is 13.3. The summed E-state index contributed by atoms with van der Waals surface area (Å²) in [6, 6.07) is 16.8. The lowest BCUT2D eigenvalue weighted by Gasteiger charge is -2.15. The largest absolute Gasteiger partial charge is 0.490 e. The van der Waals surface area contributed by atoms with Gasteiger partial charge in [-0.05, 0) is 70.9 Å². The average Bonchev–Trinajstić information content (AvgIpc) is 2.73. The maximum Gasteiger partial charge on any atom is 0.248 e. The van der Waals surface area contributed by atoms with Gasteiger partial charge >= 0.3 is 0 Å². The van der Waals surface area contributed by atoms with Gasteiger partial charge in [0.05, 0.1) is 11.1 Å². The second kappa shape index (κ2) is 11.0. The number of anilines is 1. The highest BCUT2D eigenvalue weighted by molar-refractivity contribution is 9.10. The third-order valence-corrected chi connectivity index (χ3v) is 5.14. The number of hydrogen-bond acceptors (Lipinski definition) is 3. The predicted molar refractivity (Wildman–Crippen MR) is 125 cm³/mol. The molecule has 0 aliphatic carbocycles. The van der Waals surface area contributed by atoms with Gasteiger partial charge in [0, 0.05) is 22.3 Å². The first-order valence-corrected chi connectivity index (χ1v) is 10.7. The Labute approximate surface area is 193 Å². The Balaban J connectivity index is 1.75. The van der Waals surface area contributed by atoms with E-state index in [1.807, 2.05) is 37.3 Å². The lowest BCUT2D eigenvalue weighted by molar-refractivity contribution is -0.111. The van der Waals surface area contributed by atoms with Crippen molar-refractivity contribution >= 4 is 45.2 Å². The van der Waals surface area contributed by atoms with Crippen LogP contribution in [0, 0.1) is 5.82 Å². The van der Waals surface area contributed by atoms with Crippen LogP contribution >= 0.6 is 27.5 Å². The van der Waals surface area contributed by atoms with Crippen LogP contribution in [0.5, 0.6) is 11.5 Å². The van der Waals surface area contributed by atoms with Gasteiger partial charge < -0.3 is 14.8 Å². The molecule has 160 valence electrons. The van der Waals surface area contributed by atoms with E-state index in [-0.39, 0.29) is 12.5 Å². The van der Waals surface area contributed by atoms with Crippen molar-refractivity contribution in [2.24, 2.45) is 0 Å². The molecule has 0 atom stereocenters. The number of benzene rings is 3. The Morgan fingerprint density at radius 2 is 1.94 bits per heavy atom. The van der Waals surface area contributed by atoms with Crippen LogP contribution in [0.4, 0.5) is 10.1 Å². The minimum Gasteiger partial charge on any atom is -0.490 e. The van der Waals surface area contributed by atoms with Crippen molar-refractivity contribution in [2.75, 3.05) is 11.9 Å². The summed E-state index contributed by atoms with van der Waals surface area (Å²) in [5.41, 5.74) is 1.97. The Morgan fingerprint density at radius 3 is 2.68 bits per heavy atom. The van der Waals surface area contributed by atoms with Crippen molar-refractivity contribution < 1.29 is 18.7 Å². The first-order chi connectivity index (χ1) is 15.0. The third-order valence-electron chi connectivity index (χ3n) is 4.18. The van der Waals surface area contributed by atoms with Gasteiger partial charge in [-0.15, -0.1) is 0 Å². The summed E-state index contributed by atoms with van der Waals surface area (Å²) in [5, 5.41) is 3.24. The smallest absolute Gasteiger partial charge is 0.248 e. The second-order valence-electron chi connectivity index (χ2n) is 6.48. The van der Waals surface area contributed by atoms with Gasteiger partial charge in [0.2, 0.25) is 5.91 Å². The molecule has 3 aromatic rings. The summed E-state index contributed by atoms with van der Waals surface area (Å²) in [4.78, 5) is 12.2. The summed E-state index contributed by atoms with van der Waals surface area (Å²) < 4.78 is 25.6. The number of hydrogen-bond donors (Lipinski definition) is 1. The highest BCUT2D eigenvalue weighted by Gasteiger charge is 2.13. The molecule has 0 radical (unpaired) electrons. The van der Waals surface area contributed by atoms with E-state index in [9.17, 15) is 9.18 Å². The standard InChI is InChI=1S/C24H20BrClFNO3/c1-2-30-22-13-16(10-11-23(29)28-19-8-5-7-18(27)14-19)12-20(25)24(22)31-15-17-6-3-4-9-21(17)26/h3-14H,2,15H2,1H3,(H,28,29)/b11-10+. The average molecular weight is 505 g/mol. The quantitative estimate of drug-likeness (QED) is 0.341. The zero-order valence-electron chi connectivity index (χ0n) is 16.7. The molecule has 31 heavy (non-hydrogen) atoms. The minimum atomic E-state index is -0.417. The Bertz CT molecular complexity index is 1100. The summed E-state index contributed by atoms with van der Waals surface area (Å²) in [7, 11) is 0. The lowest BCUT2D eigenvalue weighted by Crippen LogP contribution is -2.07. The van der Waals surface area contributed by atoms with E-state index in [1.165, 1.54) is 24.3 Å². The SMILES string of the molecule is CCOc1cc(/C=C/C(=O)Nc2cccc(F)c2)cc(Br)c1OCc1ccccc1Cl. The maximum absolute atomic E-state index is 13.3. The van der Waals surface area contributed by atoms with Gasteiger partial charge in [-0.3, -0.25) is 4.79 Å². The fourth-order valence-corrected chi connectivity index (χ4v) is 3.54. The summed E-state index contributed by atoms with van der Waals surface area (Å²) in [6.45, 7) is 2.60. The van der Waals surface area contributed by atoms with Crippen molar-refractivity contribution in [3.8, 4) is 11.5 Å². The monoisotopic (exact) mass is 503 g/mol. The van der Waals surface area contributed by atoms with Crippen molar-refractivity contribution in [1.29, 1.82) is 0 Å². The second-order valence-corrected chi connectivity index (χ2v) is 7.74. The number of carbonyl (C=O) groups excluding carboxylic acids is 1. The van der Waals surface area contributed by atoms with Gasteiger partial charge in [0.25, 0.3) is 0 Å². The molecule has 0 saturated heterocycles. The van der Waals surface area contributed by atoms with Crippen LogP contribution in [-0.4, -0.2) is 12.5 Å². The molecule has 0 aliphatic rings. The molecule has 4 nitrogen and oxygen atoms in total. The highest BCUT2D eigenvalue weighted by Crippen LogP contribution is 2.38. The van der Waals surface area contributed by atoms with E-state index in [0.29, 0.717) is 33.3 Å². The van der Waals surface area contributed by atoms with Gasteiger partial charge in [0.1, 0.15) is 12.4 Å². The molecular formula is C24H20BrClFNO3. The van der Waals surface area contributed by atoms with Gasteiger partial charge in [-0.1, -0.05) is 35.9 Å². The number of carbonyl (C=O) groups is 1. The van der Waals surface area contributed by atoms with Crippen LogP contribution in [0.2, 0.25) is 5.02 Å². The molecule has 0 aliphatic heterocycles. The number of ether oxygens (including phenoxy) is 2. The number of halogens is 3. The molecule has 0 fully saturated rings. The van der Waals surface area contributed by atoms with Crippen molar-refractivity contribution in [1.82, 2.24) is 0 Å². The van der Waals surface area contributed by atoms with Crippen LogP contribution in [0.15, 0.2) is 71.2 Å². The third kappa shape index (κ3) is 6.57. The highest BCUT2D eigenvalue weighted by atomic mass is 79.9. The molecule has 0 spiro atoms. The fourth-order valence-electron chi connectivity index (χ4n) is 2.77. The van der Waals surface area contributed by atoms with E-state index in [4.69, 9.17) is 21.1 Å². The molecular weight excluding hydrogens is 485 g/mol. The Hall–Kier alpha value is -2.83. The normalized spacial score (nSPS) is 10.8. The van der Waals surface area contributed by atoms with Crippen LogP contribution in [0.1, 0.15) is 18.1 Å². The van der Waals surface area contributed by atoms with Crippen LogP contribution in [-0.2, 0) is 11.4 Å². The topological polar surface area (TPSA) is 47.6 Å². The summed E-state index contributed by atoms with van der Waals surface area (Å²) in [6.07, 6.45) is 3.01. The van der Waals surface area contributed by atoms with Gasteiger partial charge in [-0.25, -0.2) is 4.39 Å². The zero-order valence-corrected chi connectivity index (χ0v) is 19.0. The summed E-state index contributed by atoms with van der Waals surface area (Å²) >= 11 is 9.72.